The first-order valence-corrected chi connectivity index (χ1v) is 5.19. The summed E-state index contributed by atoms with van der Waals surface area (Å²) in [5.41, 5.74) is 0.153. The van der Waals surface area contributed by atoms with Gasteiger partial charge in [-0.3, -0.25) is 0 Å². The highest BCUT2D eigenvalue weighted by atomic mass is 19.1. The van der Waals surface area contributed by atoms with Gasteiger partial charge < -0.3 is 14.9 Å². The van der Waals surface area contributed by atoms with Crippen LogP contribution in [0.5, 0.6) is 0 Å². The number of benzene rings is 1. The summed E-state index contributed by atoms with van der Waals surface area (Å²) in [5, 5.41) is 15.2. The molecule has 2 rings (SSSR count). The first kappa shape index (κ1) is 12.0. The Kier molecular flexibility index (Phi) is 3.52. The molecular weight excluding hydrogens is 241 g/mol. The molecule has 0 amide bonds. The van der Waals surface area contributed by atoms with Gasteiger partial charge in [-0.15, -0.1) is 0 Å². The van der Waals surface area contributed by atoms with Crippen LogP contribution < -0.4 is 5.32 Å². The Labute approximate surface area is 101 Å². The van der Waals surface area contributed by atoms with Crippen molar-refractivity contribution in [1.82, 2.24) is 10.1 Å². The topological polar surface area (TPSA) is 88.2 Å². The summed E-state index contributed by atoms with van der Waals surface area (Å²) in [6.45, 7) is 0.491. The van der Waals surface area contributed by atoms with Crippen LogP contribution in [-0.4, -0.2) is 27.8 Å². The lowest BCUT2D eigenvalue weighted by Crippen LogP contribution is -2.07. The van der Waals surface area contributed by atoms with Crippen LogP contribution in [0, 0.1) is 5.82 Å². The Morgan fingerprint density at radius 2 is 2.33 bits per heavy atom. The monoisotopic (exact) mass is 251 g/mol. The molecule has 94 valence electrons. The zero-order valence-corrected chi connectivity index (χ0v) is 9.26. The van der Waals surface area contributed by atoms with Gasteiger partial charge in [0.1, 0.15) is 5.82 Å². The molecule has 0 saturated heterocycles. The number of anilines is 1. The van der Waals surface area contributed by atoms with Gasteiger partial charge >= 0.3 is 5.97 Å². The molecule has 1 aromatic heterocycles. The van der Waals surface area contributed by atoms with Crippen LogP contribution in [0.15, 0.2) is 29.1 Å². The number of carboxylic acid groups (broad SMARTS) is 1. The molecular formula is C11H10FN3O3. The quantitative estimate of drug-likeness (QED) is 0.838. The van der Waals surface area contributed by atoms with Gasteiger partial charge in [-0.2, -0.15) is 4.98 Å². The molecule has 18 heavy (non-hydrogen) atoms. The van der Waals surface area contributed by atoms with Crippen molar-refractivity contribution in [1.29, 1.82) is 0 Å². The molecule has 0 aliphatic heterocycles. The van der Waals surface area contributed by atoms with E-state index >= 15 is 0 Å². The lowest BCUT2D eigenvalue weighted by atomic mass is 10.2. The van der Waals surface area contributed by atoms with Gasteiger partial charge in [-0.25, -0.2) is 9.18 Å². The number of nitrogens with zero attached hydrogens (tertiary/aromatic N) is 2. The molecule has 0 fully saturated rings. The van der Waals surface area contributed by atoms with E-state index in [0.717, 1.165) is 6.07 Å². The van der Waals surface area contributed by atoms with E-state index in [9.17, 15) is 9.18 Å². The van der Waals surface area contributed by atoms with Gasteiger partial charge in [0, 0.05) is 18.7 Å². The summed E-state index contributed by atoms with van der Waals surface area (Å²) < 4.78 is 17.9. The minimum atomic E-state index is -1.29. The number of halogens is 1. The van der Waals surface area contributed by atoms with E-state index in [1.165, 1.54) is 18.5 Å². The summed E-state index contributed by atoms with van der Waals surface area (Å²) >= 11 is 0. The largest absolute Gasteiger partial charge is 0.478 e. The summed E-state index contributed by atoms with van der Waals surface area (Å²) in [5.74, 6) is -1.51. The second-order valence-corrected chi connectivity index (χ2v) is 3.52. The number of rotatable bonds is 5. The van der Waals surface area contributed by atoms with E-state index in [1.807, 2.05) is 0 Å². The maximum absolute atomic E-state index is 13.3. The maximum Gasteiger partial charge on any atom is 0.338 e. The van der Waals surface area contributed by atoms with Crippen molar-refractivity contribution in [2.75, 3.05) is 11.9 Å². The molecule has 0 radical (unpaired) electrons. The fourth-order valence-corrected chi connectivity index (χ4v) is 1.42. The number of carbonyl (C=O) groups is 1. The van der Waals surface area contributed by atoms with E-state index in [2.05, 4.69) is 20.0 Å². The van der Waals surface area contributed by atoms with Crippen LogP contribution in [0.4, 0.5) is 10.1 Å². The average Bonchev–Trinajstić information content (AvgIpc) is 2.81. The summed E-state index contributed by atoms with van der Waals surface area (Å²) in [4.78, 5) is 14.4. The number of carboxylic acids is 1. The van der Waals surface area contributed by atoms with E-state index < -0.39 is 11.8 Å². The summed E-state index contributed by atoms with van der Waals surface area (Å²) in [6.07, 6.45) is 1.76. The van der Waals surface area contributed by atoms with E-state index in [1.54, 1.807) is 0 Å². The molecule has 0 saturated carbocycles. The average molecular weight is 251 g/mol. The lowest BCUT2D eigenvalue weighted by molar-refractivity contribution is 0.0692. The smallest absolute Gasteiger partial charge is 0.338 e. The molecule has 6 nitrogen and oxygen atoms in total. The summed E-state index contributed by atoms with van der Waals surface area (Å²) in [6, 6.07) is 3.86. The van der Waals surface area contributed by atoms with Gasteiger partial charge in [-0.05, 0) is 18.2 Å². The van der Waals surface area contributed by atoms with Crippen LogP contribution in [-0.2, 0) is 6.42 Å². The van der Waals surface area contributed by atoms with Crippen molar-refractivity contribution in [3.63, 3.8) is 0 Å². The Hall–Kier alpha value is -2.44. The maximum atomic E-state index is 13.3. The lowest BCUT2D eigenvalue weighted by Gasteiger charge is -2.05. The van der Waals surface area contributed by atoms with Crippen molar-refractivity contribution < 1.29 is 18.8 Å². The molecule has 1 heterocycles. The first-order chi connectivity index (χ1) is 8.66. The third-order valence-corrected chi connectivity index (χ3v) is 2.28. The van der Waals surface area contributed by atoms with Crippen LogP contribution in [0.3, 0.4) is 0 Å². The molecule has 0 bridgehead atoms. The van der Waals surface area contributed by atoms with Crippen molar-refractivity contribution in [2.45, 2.75) is 6.42 Å². The number of aromatic nitrogens is 2. The van der Waals surface area contributed by atoms with Gasteiger partial charge in [0.15, 0.2) is 5.82 Å². The van der Waals surface area contributed by atoms with Crippen LogP contribution in [0.1, 0.15) is 16.2 Å². The van der Waals surface area contributed by atoms with Gasteiger partial charge in [-0.1, -0.05) is 5.16 Å². The van der Waals surface area contributed by atoms with Gasteiger partial charge in [0.05, 0.1) is 5.56 Å². The molecule has 2 aromatic rings. The number of hydrogen-bond acceptors (Lipinski definition) is 5. The third-order valence-electron chi connectivity index (χ3n) is 2.28. The number of nitrogens with one attached hydrogen (secondary N) is 1. The predicted octanol–water partition coefficient (Wildman–Crippen LogP) is 1.56. The Bertz CT molecular complexity index is 542. The van der Waals surface area contributed by atoms with Crippen LogP contribution >= 0.6 is 0 Å². The molecule has 0 aliphatic rings. The van der Waals surface area contributed by atoms with Crippen molar-refractivity contribution in [3.05, 3.63) is 41.8 Å². The van der Waals surface area contributed by atoms with Crippen molar-refractivity contribution in [3.8, 4) is 0 Å². The van der Waals surface area contributed by atoms with Crippen LogP contribution in [0.25, 0.3) is 0 Å². The molecule has 0 spiro atoms. The Balaban J connectivity index is 1.94. The minimum Gasteiger partial charge on any atom is -0.478 e. The third kappa shape index (κ3) is 2.82. The first-order valence-electron chi connectivity index (χ1n) is 5.19. The van der Waals surface area contributed by atoms with Crippen molar-refractivity contribution >= 4 is 11.7 Å². The molecule has 0 aliphatic carbocycles. The highest BCUT2D eigenvalue weighted by molar-refractivity contribution is 5.88. The molecule has 2 N–H and O–H groups in total. The zero-order chi connectivity index (χ0) is 13.0. The fraction of sp³-hybridized carbons (Fsp3) is 0.182. The van der Waals surface area contributed by atoms with E-state index in [-0.39, 0.29) is 5.56 Å². The SMILES string of the molecule is O=C(O)c1ccc(NCCc2ncon2)cc1F. The standard InChI is InChI=1S/C11H10FN3O3/c12-9-5-7(1-2-8(9)11(16)17)13-4-3-10-14-6-18-15-10/h1-2,5-6,13H,3-4H2,(H,16,17). The van der Waals surface area contributed by atoms with Crippen LogP contribution in [0.2, 0.25) is 0 Å². The fourth-order valence-electron chi connectivity index (χ4n) is 1.42. The highest BCUT2D eigenvalue weighted by Crippen LogP contribution is 2.14. The zero-order valence-electron chi connectivity index (χ0n) is 9.26. The molecule has 7 heteroatoms. The van der Waals surface area contributed by atoms with Gasteiger partial charge in [0.2, 0.25) is 6.39 Å². The van der Waals surface area contributed by atoms with E-state index in [0.29, 0.717) is 24.5 Å². The summed E-state index contributed by atoms with van der Waals surface area (Å²) in [7, 11) is 0. The van der Waals surface area contributed by atoms with Crippen molar-refractivity contribution in [2.24, 2.45) is 0 Å². The molecule has 0 atom stereocenters. The minimum absolute atomic E-state index is 0.348. The molecule has 0 unspecified atom stereocenters. The van der Waals surface area contributed by atoms with E-state index in [4.69, 9.17) is 5.11 Å². The second kappa shape index (κ2) is 5.26. The second-order valence-electron chi connectivity index (χ2n) is 3.52. The number of aromatic carboxylic acids is 1. The Morgan fingerprint density at radius 3 is 2.94 bits per heavy atom. The normalized spacial score (nSPS) is 10.3. The van der Waals surface area contributed by atoms with Gasteiger partial charge in [0.25, 0.3) is 0 Å². The highest BCUT2D eigenvalue weighted by Gasteiger charge is 2.10. The Morgan fingerprint density at radius 1 is 1.50 bits per heavy atom. The predicted molar refractivity (Wildman–Crippen MR) is 59.9 cm³/mol. The number of hydrogen-bond donors (Lipinski definition) is 2. The molecule has 1 aromatic carbocycles.